The molecule has 14 aromatic rings. The molecular formula is C69H44N2O2. The third kappa shape index (κ3) is 6.14. The number of furan rings is 2. The second kappa shape index (κ2) is 16.2. The van der Waals surface area contributed by atoms with Crippen molar-refractivity contribution in [3.8, 4) is 11.1 Å². The van der Waals surface area contributed by atoms with Crippen LogP contribution in [0.1, 0.15) is 22.3 Å². The standard InChI is InChI=1S/C69H44N2O2/c1-5-21-45(22-6-1)69(46-23-7-2-8-24-46)59-43-61(70(47-25-9-3-10-26-47)49-37-39-65-57(41-49)53-31-17-19-35-63(53)72-65)51-29-13-15-33-55(51)67(59)68-56-34-16-14-30-52(56)62(44-60(68)69)71(48-27-11-4-12-28-48)50-38-40-66-58(42-50)54-32-18-20-36-64(54)73-66/h1-44H. The molecule has 4 nitrogen and oxygen atoms in total. The van der Waals surface area contributed by atoms with E-state index in [1.165, 1.54) is 44.2 Å². The van der Waals surface area contributed by atoms with Gasteiger partial charge in [-0.25, -0.2) is 0 Å². The minimum absolute atomic E-state index is 0.773. The lowest BCUT2D eigenvalue weighted by atomic mass is 9.67. The van der Waals surface area contributed by atoms with Gasteiger partial charge in [0.2, 0.25) is 0 Å². The molecule has 0 fully saturated rings. The van der Waals surface area contributed by atoms with Gasteiger partial charge in [-0.15, -0.1) is 0 Å². The Labute approximate surface area is 421 Å². The molecule has 0 amide bonds. The highest BCUT2D eigenvalue weighted by Crippen LogP contribution is 2.63. The van der Waals surface area contributed by atoms with Crippen molar-refractivity contribution in [2.45, 2.75) is 5.41 Å². The highest BCUT2D eigenvalue weighted by molar-refractivity contribution is 6.19. The van der Waals surface area contributed by atoms with Crippen LogP contribution >= 0.6 is 0 Å². The van der Waals surface area contributed by atoms with Gasteiger partial charge in [0.05, 0.1) is 16.8 Å². The molecule has 0 atom stereocenters. The minimum atomic E-state index is -0.773. The summed E-state index contributed by atoms with van der Waals surface area (Å²) in [6.07, 6.45) is 0. The van der Waals surface area contributed by atoms with Gasteiger partial charge < -0.3 is 18.6 Å². The van der Waals surface area contributed by atoms with E-state index in [4.69, 9.17) is 8.83 Å². The molecule has 0 radical (unpaired) electrons. The van der Waals surface area contributed by atoms with Gasteiger partial charge in [0.25, 0.3) is 0 Å². The van der Waals surface area contributed by atoms with Gasteiger partial charge in [-0.05, 0) is 129 Å². The lowest BCUT2D eigenvalue weighted by Gasteiger charge is -2.36. The number of nitrogens with zero attached hydrogens (tertiary/aromatic N) is 2. The molecule has 1 aliphatic carbocycles. The van der Waals surface area contributed by atoms with E-state index < -0.39 is 5.41 Å². The molecule has 2 heterocycles. The SMILES string of the molecule is c1ccc(N(c2ccc3oc4ccccc4c3c2)c2cc3c(c4ccccc24)-c2c(cc(N(c4ccccc4)c4ccc5oc6ccccc6c5c4)c4ccccc24)C3(c2ccccc2)c2ccccc2)cc1. The van der Waals surface area contributed by atoms with Crippen molar-refractivity contribution in [1.29, 1.82) is 0 Å². The summed E-state index contributed by atoms with van der Waals surface area (Å²) >= 11 is 0. The van der Waals surface area contributed by atoms with Crippen molar-refractivity contribution in [3.05, 3.63) is 289 Å². The van der Waals surface area contributed by atoms with E-state index in [-0.39, 0.29) is 0 Å². The second-order valence-electron chi connectivity index (χ2n) is 19.1. The molecule has 0 saturated carbocycles. The number of para-hydroxylation sites is 4. The van der Waals surface area contributed by atoms with Gasteiger partial charge in [0, 0.05) is 55.1 Å². The van der Waals surface area contributed by atoms with Crippen molar-refractivity contribution in [1.82, 2.24) is 0 Å². The summed E-state index contributed by atoms with van der Waals surface area (Å²) < 4.78 is 12.8. The number of anilines is 6. The van der Waals surface area contributed by atoms with Crippen molar-refractivity contribution in [2.75, 3.05) is 9.80 Å². The van der Waals surface area contributed by atoms with Crippen LogP contribution < -0.4 is 9.80 Å². The second-order valence-corrected chi connectivity index (χ2v) is 19.1. The molecule has 1 aliphatic rings. The van der Waals surface area contributed by atoms with Crippen LogP contribution in [0.25, 0.3) is 76.5 Å². The minimum Gasteiger partial charge on any atom is -0.456 e. The molecule has 0 aliphatic heterocycles. The first kappa shape index (κ1) is 41.2. The largest absolute Gasteiger partial charge is 0.456 e. The zero-order valence-electron chi connectivity index (χ0n) is 39.6. The quantitative estimate of drug-likeness (QED) is 0.152. The molecule has 0 unspecified atom stereocenters. The predicted molar refractivity (Wildman–Crippen MR) is 303 cm³/mol. The highest BCUT2D eigenvalue weighted by Gasteiger charge is 2.49. The molecular weight excluding hydrogens is 889 g/mol. The van der Waals surface area contributed by atoms with Gasteiger partial charge in [-0.2, -0.15) is 0 Å². The van der Waals surface area contributed by atoms with Crippen molar-refractivity contribution >= 4 is 99.5 Å². The van der Waals surface area contributed by atoms with Crippen LogP contribution in [0, 0.1) is 0 Å². The third-order valence-electron chi connectivity index (χ3n) is 15.3. The number of hydrogen-bond acceptors (Lipinski definition) is 4. The molecule has 0 spiro atoms. The van der Waals surface area contributed by atoms with Crippen LogP contribution in [-0.2, 0) is 5.41 Å². The average molecular weight is 933 g/mol. The Balaban J connectivity index is 1.08. The molecule has 15 rings (SSSR count). The van der Waals surface area contributed by atoms with Gasteiger partial charge in [-0.3, -0.25) is 0 Å². The Morgan fingerprint density at radius 1 is 0.247 bits per heavy atom. The molecule has 0 N–H and O–H groups in total. The monoisotopic (exact) mass is 932 g/mol. The topological polar surface area (TPSA) is 32.8 Å². The molecule has 0 saturated heterocycles. The van der Waals surface area contributed by atoms with E-state index in [9.17, 15) is 0 Å². The van der Waals surface area contributed by atoms with E-state index in [0.717, 1.165) is 88.8 Å². The molecule has 4 heteroatoms. The zero-order chi connectivity index (χ0) is 48.0. The summed E-state index contributed by atoms with van der Waals surface area (Å²) in [5.41, 5.74) is 16.4. The Kier molecular flexibility index (Phi) is 9.14. The van der Waals surface area contributed by atoms with Crippen LogP contribution in [0.15, 0.2) is 276 Å². The molecule has 0 bridgehead atoms. The maximum atomic E-state index is 6.41. The van der Waals surface area contributed by atoms with Crippen LogP contribution in [0.2, 0.25) is 0 Å². The average Bonchev–Trinajstić information content (AvgIpc) is 4.13. The molecule has 2 aromatic heterocycles. The normalized spacial score (nSPS) is 12.8. The Morgan fingerprint density at radius 3 is 0.986 bits per heavy atom. The summed E-state index contributed by atoms with van der Waals surface area (Å²) in [5.74, 6) is 0. The zero-order valence-corrected chi connectivity index (χ0v) is 39.6. The smallest absolute Gasteiger partial charge is 0.135 e. The predicted octanol–water partition coefficient (Wildman–Crippen LogP) is 19.1. The lowest BCUT2D eigenvalue weighted by Crippen LogP contribution is -2.29. The number of rotatable bonds is 8. The first-order chi connectivity index (χ1) is 36.2. The van der Waals surface area contributed by atoms with Crippen molar-refractivity contribution < 1.29 is 8.83 Å². The summed E-state index contributed by atoms with van der Waals surface area (Å²) in [6, 6.07) is 97.0. The van der Waals surface area contributed by atoms with Gasteiger partial charge >= 0.3 is 0 Å². The number of fused-ring (bicyclic) bond motifs is 13. The number of benzene rings is 12. The maximum Gasteiger partial charge on any atom is 0.135 e. The first-order valence-electron chi connectivity index (χ1n) is 25.0. The van der Waals surface area contributed by atoms with Crippen LogP contribution in [0.4, 0.5) is 34.1 Å². The fourth-order valence-electron chi connectivity index (χ4n) is 12.2. The summed E-state index contributed by atoms with van der Waals surface area (Å²) in [7, 11) is 0. The number of hydrogen-bond donors (Lipinski definition) is 0. The lowest BCUT2D eigenvalue weighted by molar-refractivity contribution is 0.668. The van der Waals surface area contributed by atoms with Gasteiger partial charge in [0.15, 0.2) is 0 Å². The van der Waals surface area contributed by atoms with Crippen LogP contribution in [0.5, 0.6) is 0 Å². The molecule has 73 heavy (non-hydrogen) atoms. The van der Waals surface area contributed by atoms with Gasteiger partial charge in [0.1, 0.15) is 22.3 Å². The van der Waals surface area contributed by atoms with Crippen molar-refractivity contribution in [2.24, 2.45) is 0 Å². The highest BCUT2D eigenvalue weighted by atomic mass is 16.3. The van der Waals surface area contributed by atoms with E-state index in [1.54, 1.807) is 0 Å². The first-order valence-corrected chi connectivity index (χ1v) is 25.0. The maximum absolute atomic E-state index is 6.41. The Bertz CT molecular complexity index is 4160. The fraction of sp³-hybridized carbons (Fsp3) is 0.0145. The molecule has 12 aromatic carbocycles. The van der Waals surface area contributed by atoms with E-state index in [1.807, 2.05) is 12.1 Å². The summed E-state index contributed by atoms with van der Waals surface area (Å²) in [5, 5.41) is 9.05. The van der Waals surface area contributed by atoms with E-state index in [2.05, 4.69) is 265 Å². The van der Waals surface area contributed by atoms with Gasteiger partial charge in [-0.1, -0.05) is 182 Å². The van der Waals surface area contributed by atoms with Crippen LogP contribution in [0.3, 0.4) is 0 Å². The Morgan fingerprint density at radius 2 is 0.575 bits per heavy atom. The van der Waals surface area contributed by atoms with E-state index >= 15 is 0 Å². The van der Waals surface area contributed by atoms with Crippen LogP contribution in [-0.4, -0.2) is 0 Å². The Hall–Kier alpha value is -9.64. The summed E-state index contributed by atoms with van der Waals surface area (Å²) in [6.45, 7) is 0. The van der Waals surface area contributed by atoms with Crippen molar-refractivity contribution in [3.63, 3.8) is 0 Å². The third-order valence-corrected chi connectivity index (χ3v) is 15.3. The summed E-state index contributed by atoms with van der Waals surface area (Å²) in [4.78, 5) is 4.90. The van der Waals surface area contributed by atoms with E-state index in [0.29, 0.717) is 0 Å². The fourth-order valence-corrected chi connectivity index (χ4v) is 12.2. The molecule has 342 valence electrons.